The van der Waals surface area contributed by atoms with Crippen LogP contribution in [-0.4, -0.2) is 25.3 Å². The predicted octanol–water partition coefficient (Wildman–Crippen LogP) is 2.84. The van der Waals surface area contributed by atoms with Crippen LogP contribution in [0.1, 0.15) is 38.8 Å². The topological polar surface area (TPSA) is 64.8 Å². The lowest BCUT2D eigenvalue weighted by Crippen LogP contribution is -2.41. The third kappa shape index (κ3) is 2.88. The number of rotatable bonds is 1. The Labute approximate surface area is 119 Å². The number of fused-ring (bicyclic) bond motifs is 1. The molecule has 0 aromatic heterocycles. The zero-order chi connectivity index (χ0) is 14.9. The fourth-order valence-corrected chi connectivity index (χ4v) is 2.36. The van der Waals surface area contributed by atoms with E-state index in [4.69, 9.17) is 15.2 Å². The number of carbonyl (C=O) groups excluding carboxylic acids is 1. The van der Waals surface area contributed by atoms with Crippen molar-refractivity contribution >= 4 is 11.8 Å². The van der Waals surface area contributed by atoms with Crippen LogP contribution in [0.4, 0.5) is 10.5 Å². The fraction of sp³-hybridized carbons (Fsp3) is 0.533. The summed E-state index contributed by atoms with van der Waals surface area (Å²) in [7, 11) is 1.61. The maximum Gasteiger partial charge on any atom is 0.414 e. The van der Waals surface area contributed by atoms with Crippen molar-refractivity contribution in [2.45, 2.75) is 38.8 Å². The van der Waals surface area contributed by atoms with E-state index in [1.54, 1.807) is 12.0 Å². The molecule has 1 amide bonds. The minimum atomic E-state index is -0.518. The monoisotopic (exact) mass is 278 g/mol. The van der Waals surface area contributed by atoms with E-state index in [-0.39, 0.29) is 12.1 Å². The van der Waals surface area contributed by atoms with Gasteiger partial charge < -0.3 is 15.2 Å². The molecule has 1 atom stereocenters. The first-order chi connectivity index (χ1) is 9.33. The second-order valence-electron chi connectivity index (χ2n) is 5.92. The molecule has 0 radical (unpaired) electrons. The molecule has 1 unspecified atom stereocenters. The first-order valence-corrected chi connectivity index (χ1v) is 6.76. The van der Waals surface area contributed by atoms with Gasteiger partial charge >= 0.3 is 6.09 Å². The van der Waals surface area contributed by atoms with Crippen LogP contribution in [0.15, 0.2) is 18.2 Å². The maximum atomic E-state index is 12.3. The van der Waals surface area contributed by atoms with Crippen molar-refractivity contribution in [3.63, 3.8) is 0 Å². The van der Waals surface area contributed by atoms with Crippen molar-refractivity contribution in [2.24, 2.45) is 5.73 Å². The van der Waals surface area contributed by atoms with Gasteiger partial charge in [-0.1, -0.05) is 6.07 Å². The van der Waals surface area contributed by atoms with Gasteiger partial charge in [0.25, 0.3) is 0 Å². The summed E-state index contributed by atoms with van der Waals surface area (Å²) in [5, 5.41) is 0. The number of amides is 1. The van der Waals surface area contributed by atoms with Gasteiger partial charge in [-0.25, -0.2) is 4.79 Å². The standard InChI is InChI=1S/C15H22N2O3/c1-15(2,3)20-14(18)17-9-8-10(16)13-11(17)6-5-7-12(13)19-4/h5-7,10H,8-9,16H2,1-4H3. The van der Waals surface area contributed by atoms with Crippen LogP contribution in [0.2, 0.25) is 0 Å². The van der Waals surface area contributed by atoms with Gasteiger partial charge in [0, 0.05) is 18.2 Å². The van der Waals surface area contributed by atoms with E-state index in [1.165, 1.54) is 0 Å². The van der Waals surface area contributed by atoms with E-state index in [9.17, 15) is 4.79 Å². The first-order valence-electron chi connectivity index (χ1n) is 6.76. The number of carbonyl (C=O) groups is 1. The van der Waals surface area contributed by atoms with Crippen molar-refractivity contribution in [3.8, 4) is 5.75 Å². The van der Waals surface area contributed by atoms with Gasteiger partial charge in [-0.2, -0.15) is 0 Å². The molecule has 5 nitrogen and oxygen atoms in total. The first kappa shape index (κ1) is 14.7. The normalized spacial score (nSPS) is 18.4. The number of hydrogen-bond donors (Lipinski definition) is 1. The highest BCUT2D eigenvalue weighted by atomic mass is 16.6. The van der Waals surface area contributed by atoms with Crippen LogP contribution in [0.5, 0.6) is 5.75 Å². The highest BCUT2D eigenvalue weighted by molar-refractivity contribution is 5.90. The van der Waals surface area contributed by atoms with Gasteiger partial charge in [0.15, 0.2) is 0 Å². The summed E-state index contributed by atoms with van der Waals surface area (Å²) in [6.45, 7) is 6.11. The minimum absolute atomic E-state index is 0.125. The Bertz CT molecular complexity index is 508. The van der Waals surface area contributed by atoms with Crippen molar-refractivity contribution in [3.05, 3.63) is 23.8 Å². The number of anilines is 1. The van der Waals surface area contributed by atoms with E-state index in [1.807, 2.05) is 39.0 Å². The molecule has 0 spiro atoms. The van der Waals surface area contributed by atoms with Gasteiger partial charge in [0.1, 0.15) is 11.4 Å². The summed E-state index contributed by atoms with van der Waals surface area (Å²) in [5.74, 6) is 0.711. The van der Waals surface area contributed by atoms with Gasteiger partial charge in [-0.15, -0.1) is 0 Å². The Morgan fingerprint density at radius 3 is 2.70 bits per heavy atom. The number of benzene rings is 1. The Morgan fingerprint density at radius 1 is 1.40 bits per heavy atom. The third-order valence-corrected chi connectivity index (χ3v) is 3.20. The van der Waals surface area contributed by atoms with Gasteiger partial charge in [-0.05, 0) is 39.3 Å². The van der Waals surface area contributed by atoms with Crippen LogP contribution in [0.3, 0.4) is 0 Å². The molecule has 0 fully saturated rings. The summed E-state index contributed by atoms with van der Waals surface area (Å²) < 4.78 is 10.8. The highest BCUT2D eigenvalue weighted by Gasteiger charge is 2.31. The average molecular weight is 278 g/mol. The van der Waals surface area contributed by atoms with E-state index in [2.05, 4.69) is 0 Å². The molecule has 1 aromatic rings. The van der Waals surface area contributed by atoms with Crippen molar-refractivity contribution in [1.82, 2.24) is 0 Å². The number of nitrogens with zero attached hydrogens (tertiary/aromatic N) is 1. The smallest absolute Gasteiger partial charge is 0.414 e. The summed E-state index contributed by atoms with van der Waals surface area (Å²) >= 11 is 0. The molecule has 5 heteroatoms. The Kier molecular flexibility index (Phi) is 3.90. The van der Waals surface area contributed by atoms with Gasteiger partial charge in [0.05, 0.1) is 12.8 Å². The second-order valence-corrected chi connectivity index (χ2v) is 5.92. The lowest BCUT2D eigenvalue weighted by Gasteiger charge is -2.34. The molecule has 1 aliphatic heterocycles. The van der Waals surface area contributed by atoms with Crippen molar-refractivity contribution in [1.29, 1.82) is 0 Å². The van der Waals surface area contributed by atoms with Crippen LogP contribution in [0, 0.1) is 0 Å². The van der Waals surface area contributed by atoms with Crippen molar-refractivity contribution < 1.29 is 14.3 Å². The van der Waals surface area contributed by atoms with E-state index >= 15 is 0 Å². The van der Waals surface area contributed by atoms with Crippen LogP contribution >= 0.6 is 0 Å². The third-order valence-electron chi connectivity index (χ3n) is 3.20. The summed E-state index contributed by atoms with van der Waals surface area (Å²) in [6, 6.07) is 5.46. The number of hydrogen-bond acceptors (Lipinski definition) is 4. The number of methoxy groups -OCH3 is 1. The predicted molar refractivity (Wildman–Crippen MR) is 78.1 cm³/mol. The molecule has 0 saturated heterocycles. The van der Waals surface area contributed by atoms with E-state index in [0.717, 1.165) is 11.3 Å². The molecule has 0 bridgehead atoms. The van der Waals surface area contributed by atoms with Crippen molar-refractivity contribution in [2.75, 3.05) is 18.6 Å². The molecule has 0 aliphatic carbocycles. The molecular formula is C15H22N2O3. The van der Waals surface area contributed by atoms with E-state index < -0.39 is 5.60 Å². The Balaban J connectivity index is 2.37. The lowest BCUT2D eigenvalue weighted by atomic mass is 9.96. The molecule has 1 aliphatic rings. The largest absolute Gasteiger partial charge is 0.496 e. The van der Waals surface area contributed by atoms with Crippen LogP contribution in [-0.2, 0) is 4.74 Å². The molecule has 1 heterocycles. The lowest BCUT2D eigenvalue weighted by molar-refractivity contribution is 0.0576. The Hall–Kier alpha value is -1.75. The Morgan fingerprint density at radius 2 is 2.10 bits per heavy atom. The minimum Gasteiger partial charge on any atom is -0.496 e. The zero-order valence-electron chi connectivity index (χ0n) is 12.5. The fourth-order valence-electron chi connectivity index (χ4n) is 2.36. The summed E-state index contributed by atoms with van der Waals surface area (Å²) in [4.78, 5) is 13.9. The van der Waals surface area contributed by atoms with Crippen LogP contribution < -0.4 is 15.4 Å². The molecular weight excluding hydrogens is 256 g/mol. The number of ether oxygens (including phenoxy) is 2. The zero-order valence-corrected chi connectivity index (χ0v) is 12.5. The molecule has 2 rings (SSSR count). The van der Waals surface area contributed by atoms with Crippen LogP contribution in [0.25, 0.3) is 0 Å². The maximum absolute atomic E-state index is 12.3. The molecule has 110 valence electrons. The molecule has 20 heavy (non-hydrogen) atoms. The summed E-state index contributed by atoms with van der Waals surface area (Å²) in [6.07, 6.45) is 0.339. The quantitative estimate of drug-likeness (QED) is 0.858. The summed E-state index contributed by atoms with van der Waals surface area (Å²) in [5.41, 5.74) is 7.28. The van der Waals surface area contributed by atoms with E-state index in [0.29, 0.717) is 18.7 Å². The molecule has 2 N–H and O–H groups in total. The number of nitrogens with two attached hydrogens (primary N) is 1. The SMILES string of the molecule is COc1cccc2c1C(N)CCN2C(=O)OC(C)(C)C. The highest BCUT2D eigenvalue weighted by Crippen LogP contribution is 2.39. The van der Waals surface area contributed by atoms with Gasteiger partial charge in [-0.3, -0.25) is 4.90 Å². The molecule has 1 aromatic carbocycles. The second kappa shape index (κ2) is 5.32. The van der Waals surface area contributed by atoms with Gasteiger partial charge in [0.2, 0.25) is 0 Å². The molecule has 0 saturated carbocycles. The average Bonchev–Trinajstić information content (AvgIpc) is 2.36.